The Labute approximate surface area is 161 Å². The smallest absolute Gasteiger partial charge is 0.403 e. The van der Waals surface area contributed by atoms with Crippen molar-refractivity contribution in [2.24, 2.45) is 0 Å². The van der Waals surface area contributed by atoms with Crippen LogP contribution in [0.25, 0.3) is 0 Å². The number of urea groups is 1. The summed E-state index contributed by atoms with van der Waals surface area (Å²) < 4.78 is 12.4. The molecule has 0 saturated carbocycles. The van der Waals surface area contributed by atoms with Crippen LogP contribution in [0.1, 0.15) is 51.8 Å². The van der Waals surface area contributed by atoms with Crippen LogP contribution in [0, 0.1) is 0 Å². The highest BCUT2D eigenvalue weighted by Crippen LogP contribution is 2.42. The molecular weight excluding hydrogens is 343 g/mol. The van der Waals surface area contributed by atoms with Crippen molar-refractivity contribution in [1.29, 1.82) is 0 Å². The number of hydrogen-bond donors (Lipinski definition) is 0. The third-order valence-electron chi connectivity index (χ3n) is 6.61. The van der Waals surface area contributed by atoms with Crippen LogP contribution >= 0.6 is 0 Å². The molecule has 0 spiro atoms. The highest BCUT2D eigenvalue weighted by molar-refractivity contribution is 6.47. The quantitative estimate of drug-likeness (QED) is 0.709. The lowest BCUT2D eigenvalue weighted by molar-refractivity contribution is 0.00578. The van der Waals surface area contributed by atoms with Gasteiger partial charge in [-0.25, -0.2) is 14.8 Å². The maximum Gasteiger partial charge on any atom is 0.461 e. The first-order valence-corrected chi connectivity index (χ1v) is 9.94. The minimum Gasteiger partial charge on any atom is -0.403 e. The average molecular weight is 372 g/mol. The molecule has 27 heavy (non-hydrogen) atoms. The van der Waals surface area contributed by atoms with Crippen molar-refractivity contribution in [3.8, 4) is 0 Å². The van der Waals surface area contributed by atoms with Gasteiger partial charge in [0.05, 0.1) is 23.4 Å². The van der Waals surface area contributed by atoms with E-state index in [1.54, 1.807) is 6.33 Å². The minimum atomic E-state index is -0.298. The number of rotatable bonds is 1. The normalized spacial score (nSPS) is 24.8. The Morgan fingerprint density at radius 3 is 2.44 bits per heavy atom. The zero-order valence-electron chi connectivity index (χ0n) is 16.8. The molecule has 0 N–H and O–H groups in total. The van der Waals surface area contributed by atoms with E-state index < -0.39 is 0 Å². The number of aromatic nitrogens is 2. The average Bonchev–Trinajstić information content (AvgIpc) is 2.88. The second kappa shape index (κ2) is 6.74. The maximum absolute atomic E-state index is 12.9. The summed E-state index contributed by atoms with van der Waals surface area (Å²) in [6.07, 6.45) is 6.07. The SMILES string of the molecule is CC1(C)OB(C2CCN(C(=O)N3CCc4cncnc4C3)CC2)OC1(C)C. The number of amides is 2. The molecule has 3 aliphatic rings. The van der Waals surface area contributed by atoms with Gasteiger partial charge in [-0.2, -0.15) is 0 Å². The Hall–Kier alpha value is -1.67. The van der Waals surface area contributed by atoms with Crippen LogP contribution in [0.15, 0.2) is 12.5 Å². The lowest BCUT2D eigenvalue weighted by Crippen LogP contribution is -2.49. The van der Waals surface area contributed by atoms with E-state index in [1.807, 2.05) is 16.0 Å². The van der Waals surface area contributed by atoms with Gasteiger partial charge in [-0.3, -0.25) is 0 Å². The number of likely N-dealkylation sites (tertiary alicyclic amines) is 1. The fourth-order valence-electron chi connectivity index (χ4n) is 4.06. The molecular formula is C19H29BN4O3. The summed E-state index contributed by atoms with van der Waals surface area (Å²) in [4.78, 5) is 25.2. The summed E-state index contributed by atoms with van der Waals surface area (Å²) in [5, 5.41) is 0. The lowest BCUT2D eigenvalue weighted by Gasteiger charge is -2.37. The molecule has 0 aliphatic carbocycles. The summed E-state index contributed by atoms with van der Waals surface area (Å²) in [6.45, 7) is 11.2. The summed E-state index contributed by atoms with van der Waals surface area (Å²) in [5.41, 5.74) is 1.53. The van der Waals surface area contributed by atoms with Crippen LogP contribution in [-0.4, -0.2) is 63.8 Å². The third kappa shape index (κ3) is 3.45. The van der Waals surface area contributed by atoms with E-state index in [-0.39, 0.29) is 24.4 Å². The Morgan fingerprint density at radius 2 is 1.78 bits per heavy atom. The van der Waals surface area contributed by atoms with Gasteiger partial charge in [0.2, 0.25) is 0 Å². The molecule has 8 heteroatoms. The second-order valence-electron chi connectivity index (χ2n) is 8.90. The molecule has 2 amide bonds. The highest BCUT2D eigenvalue weighted by Gasteiger charge is 2.54. The molecule has 0 radical (unpaired) electrons. The summed E-state index contributed by atoms with van der Waals surface area (Å²) in [7, 11) is -0.175. The van der Waals surface area contributed by atoms with Gasteiger partial charge < -0.3 is 19.1 Å². The van der Waals surface area contributed by atoms with Crippen molar-refractivity contribution >= 4 is 13.1 Å². The molecule has 7 nitrogen and oxygen atoms in total. The van der Waals surface area contributed by atoms with E-state index in [1.165, 1.54) is 0 Å². The predicted molar refractivity (Wildman–Crippen MR) is 102 cm³/mol. The first-order chi connectivity index (χ1) is 12.8. The summed E-state index contributed by atoms with van der Waals surface area (Å²) >= 11 is 0. The first-order valence-electron chi connectivity index (χ1n) is 9.94. The van der Waals surface area contributed by atoms with E-state index in [2.05, 4.69) is 37.7 Å². The first kappa shape index (κ1) is 18.7. The fourth-order valence-corrected chi connectivity index (χ4v) is 4.06. The molecule has 2 saturated heterocycles. The maximum atomic E-state index is 12.9. The van der Waals surface area contributed by atoms with Crippen molar-refractivity contribution in [3.05, 3.63) is 23.8 Å². The van der Waals surface area contributed by atoms with Crippen molar-refractivity contribution in [2.75, 3.05) is 19.6 Å². The van der Waals surface area contributed by atoms with Gasteiger partial charge in [0.1, 0.15) is 6.33 Å². The molecule has 0 unspecified atom stereocenters. The molecule has 2 fully saturated rings. The number of carbonyl (C=O) groups is 1. The second-order valence-corrected chi connectivity index (χ2v) is 8.90. The Bertz CT molecular complexity index is 703. The number of hydrogen-bond acceptors (Lipinski definition) is 5. The van der Waals surface area contributed by atoms with Crippen molar-refractivity contribution < 1.29 is 14.1 Å². The Balaban J connectivity index is 1.33. The van der Waals surface area contributed by atoms with E-state index in [0.717, 1.165) is 50.2 Å². The van der Waals surface area contributed by atoms with Gasteiger partial charge in [0, 0.05) is 25.8 Å². The van der Waals surface area contributed by atoms with Crippen LogP contribution < -0.4 is 0 Å². The van der Waals surface area contributed by atoms with Crippen LogP contribution in [-0.2, 0) is 22.3 Å². The highest BCUT2D eigenvalue weighted by atomic mass is 16.7. The molecule has 3 aliphatic heterocycles. The van der Waals surface area contributed by atoms with Gasteiger partial charge in [0.25, 0.3) is 0 Å². The number of carbonyl (C=O) groups excluding carboxylic acids is 1. The molecule has 0 bridgehead atoms. The van der Waals surface area contributed by atoms with Crippen LogP contribution in [0.2, 0.25) is 5.82 Å². The number of fused-ring (bicyclic) bond motifs is 1. The molecule has 1 aromatic rings. The van der Waals surface area contributed by atoms with E-state index >= 15 is 0 Å². The molecule has 0 aromatic carbocycles. The lowest BCUT2D eigenvalue weighted by atomic mass is 9.67. The van der Waals surface area contributed by atoms with Gasteiger partial charge >= 0.3 is 13.1 Å². The van der Waals surface area contributed by atoms with E-state index in [9.17, 15) is 4.79 Å². The van der Waals surface area contributed by atoms with Gasteiger partial charge in [-0.05, 0) is 58.3 Å². The van der Waals surface area contributed by atoms with Crippen molar-refractivity contribution in [3.63, 3.8) is 0 Å². The number of nitrogens with zero attached hydrogens (tertiary/aromatic N) is 4. The fraction of sp³-hybridized carbons (Fsp3) is 0.737. The van der Waals surface area contributed by atoms with Gasteiger partial charge in [-0.15, -0.1) is 0 Å². The minimum absolute atomic E-state index is 0.117. The largest absolute Gasteiger partial charge is 0.461 e. The number of piperidine rings is 1. The summed E-state index contributed by atoms with van der Waals surface area (Å²) in [6, 6.07) is 0.117. The van der Waals surface area contributed by atoms with Crippen molar-refractivity contribution in [1.82, 2.24) is 19.8 Å². The molecule has 4 rings (SSSR count). The Morgan fingerprint density at radius 1 is 1.11 bits per heavy atom. The van der Waals surface area contributed by atoms with Gasteiger partial charge in [0.15, 0.2) is 0 Å². The van der Waals surface area contributed by atoms with E-state index in [0.29, 0.717) is 12.4 Å². The zero-order valence-corrected chi connectivity index (χ0v) is 16.8. The standard InChI is InChI=1S/C19H29BN4O3/c1-18(2)19(3,4)27-20(26-18)15-6-9-23(10-7-15)17(25)24-8-5-14-11-21-13-22-16(14)12-24/h11,13,15H,5-10,12H2,1-4H3. The molecule has 1 aromatic heterocycles. The van der Waals surface area contributed by atoms with Crippen LogP contribution in [0.5, 0.6) is 0 Å². The monoisotopic (exact) mass is 372 g/mol. The van der Waals surface area contributed by atoms with Crippen LogP contribution in [0.4, 0.5) is 4.79 Å². The van der Waals surface area contributed by atoms with Gasteiger partial charge in [-0.1, -0.05) is 0 Å². The zero-order chi connectivity index (χ0) is 19.2. The predicted octanol–water partition coefficient (Wildman–Crippen LogP) is 2.51. The Kier molecular flexibility index (Phi) is 4.67. The third-order valence-corrected chi connectivity index (χ3v) is 6.61. The van der Waals surface area contributed by atoms with Crippen LogP contribution in [0.3, 0.4) is 0 Å². The van der Waals surface area contributed by atoms with E-state index in [4.69, 9.17) is 9.31 Å². The molecule has 0 atom stereocenters. The summed E-state index contributed by atoms with van der Waals surface area (Å²) in [5.74, 6) is 0.338. The molecule has 4 heterocycles. The molecule has 146 valence electrons. The van der Waals surface area contributed by atoms with Crippen molar-refractivity contribution in [2.45, 2.75) is 70.5 Å². The topological polar surface area (TPSA) is 67.8 Å².